The van der Waals surface area contributed by atoms with Crippen LogP contribution in [0.3, 0.4) is 0 Å². The van der Waals surface area contributed by atoms with E-state index < -0.39 is 23.9 Å². The smallest absolute Gasteiger partial charge is 0.485 e. The molecule has 208 valence electrons. The standard InChI is InChI=1S/C21H37N2O4Si.CHF3O3S/c1-13(2)21(6,7)28(8,9)25-12-17-16-10-18(26-17)22-11-15(5)19(24)23(14(3)4)20(22)27-16;2-1(3,4)8(5,6)7/h11,13-14,16-18H,10,12H2,1-9H3;(H,5,6,7)/q+1;/p-1/t16-,17-,18-;/m1./s1. The second-order valence-electron chi connectivity index (χ2n) is 10.9. The van der Waals surface area contributed by atoms with Crippen molar-refractivity contribution >= 4 is 18.4 Å². The predicted octanol–water partition coefficient (Wildman–Crippen LogP) is 3.78. The number of alkyl halides is 3. The van der Waals surface area contributed by atoms with E-state index in [9.17, 15) is 18.0 Å². The third-order valence-electron chi connectivity index (χ3n) is 7.47. The molecule has 0 spiro atoms. The van der Waals surface area contributed by atoms with E-state index in [1.807, 2.05) is 31.5 Å². The van der Waals surface area contributed by atoms with Crippen molar-refractivity contribution in [2.45, 2.75) is 103 Å². The zero-order valence-electron chi connectivity index (χ0n) is 22.2. The Morgan fingerprint density at radius 1 is 1.25 bits per heavy atom. The van der Waals surface area contributed by atoms with Gasteiger partial charge < -0.3 is 18.5 Å². The number of aryl methyl sites for hydroxylation is 1. The summed E-state index contributed by atoms with van der Waals surface area (Å²) < 4.78 is 81.8. The van der Waals surface area contributed by atoms with Gasteiger partial charge in [0, 0.05) is 0 Å². The quantitative estimate of drug-likeness (QED) is 0.226. The fourth-order valence-electron chi connectivity index (χ4n) is 3.95. The fraction of sp³-hybridized carbons (Fsp3) is 0.818. The number of halogens is 3. The lowest BCUT2D eigenvalue weighted by molar-refractivity contribution is -0.770. The lowest BCUT2D eigenvalue weighted by atomic mass is 9.99. The molecule has 0 radical (unpaired) electrons. The van der Waals surface area contributed by atoms with Crippen molar-refractivity contribution in [1.29, 1.82) is 0 Å². The summed E-state index contributed by atoms with van der Waals surface area (Å²) in [4.78, 5) is 12.6. The summed E-state index contributed by atoms with van der Waals surface area (Å²) in [5.74, 6) is 0.553. The molecule has 0 saturated carbocycles. The van der Waals surface area contributed by atoms with Crippen LogP contribution in [0.5, 0.6) is 6.01 Å². The van der Waals surface area contributed by atoms with Crippen LogP contribution in [0, 0.1) is 12.8 Å². The summed E-state index contributed by atoms with van der Waals surface area (Å²) in [6.07, 6.45) is 2.35. The minimum Gasteiger partial charge on any atom is -0.741 e. The van der Waals surface area contributed by atoms with Gasteiger partial charge in [-0.2, -0.15) is 22.3 Å². The largest absolute Gasteiger partial charge is 0.741 e. The second kappa shape index (κ2) is 10.3. The number of ether oxygens (including phenoxy) is 2. The molecule has 2 bridgehead atoms. The summed E-state index contributed by atoms with van der Waals surface area (Å²) in [5, 5.41) is 0.161. The molecule has 0 unspecified atom stereocenters. The molecule has 9 nitrogen and oxygen atoms in total. The summed E-state index contributed by atoms with van der Waals surface area (Å²) in [6.45, 7) is 20.1. The first-order valence-corrected chi connectivity index (χ1v) is 16.1. The van der Waals surface area contributed by atoms with Crippen LogP contribution in [0.15, 0.2) is 11.0 Å². The van der Waals surface area contributed by atoms with Crippen molar-refractivity contribution in [3.8, 4) is 6.01 Å². The van der Waals surface area contributed by atoms with Gasteiger partial charge in [-0.05, 0) is 44.8 Å². The Balaban J connectivity index is 0.000000493. The van der Waals surface area contributed by atoms with Gasteiger partial charge in [0.15, 0.2) is 18.4 Å². The molecule has 1 fully saturated rings. The Bertz CT molecular complexity index is 1120. The number of hydrogen-bond donors (Lipinski definition) is 0. The van der Waals surface area contributed by atoms with Gasteiger partial charge >= 0.3 is 17.1 Å². The van der Waals surface area contributed by atoms with Crippen molar-refractivity contribution in [1.82, 2.24) is 4.57 Å². The van der Waals surface area contributed by atoms with Gasteiger partial charge in [0.1, 0.15) is 24.4 Å². The van der Waals surface area contributed by atoms with Crippen LogP contribution in [0.4, 0.5) is 13.2 Å². The van der Waals surface area contributed by atoms with Crippen molar-refractivity contribution < 1.29 is 44.6 Å². The third kappa shape index (κ3) is 6.14. The second-order valence-corrected chi connectivity index (χ2v) is 16.9. The van der Waals surface area contributed by atoms with Gasteiger partial charge in [0.25, 0.3) is 0 Å². The van der Waals surface area contributed by atoms with E-state index in [2.05, 4.69) is 40.8 Å². The number of rotatable bonds is 6. The van der Waals surface area contributed by atoms with Gasteiger partial charge in [-0.3, -0.25) is 0 Å². The van der Waals surface area contributed by atoms with Crippen molar-refractivity contribution in [2.75, 3.05) is 6.61 Å². The Morgan fingerprint density at radius 2 is 1.78 bits per heavy atom. The van der Waals surface area contributed by atoms with E-state index in [4.69, 9.17) is 26.9 Å². The number of nitrogens with zero attached hydrogens (tertiary/aromatic N) is 2. The lowest BCUT2D eigenvalue weighted by Crippen LogP contribution is -2.51. The molecule has 2 aliphatic rings. The highest BCUT2D eigenvalue weighted by atomic mass is 32.2. The van der Waals surface area contributed by atoms with Gasteiger partial charge in [-0.15, -0.1) is 0 Å². The zero-order valence-corrected chi connectivity index (χ0v) is 24.0. The molecular formula is C22H37F3N2O7SSi. The molecule has 3 heterocycles. The normalized spacial score (nSPS) is 22.2. The molecule has 1 aromatic heterocycles. The molecule has 0 amide bonds. The van der Waals surface area contributed by atoms with Crippen LogP contribution in [-0.2, 0) is 19.3 Å². The molecule has 0 aromatic carbocycles. The molecule has 0 N–H and O–H groups in total. The highest BCUT2D eigenvalue weighted by Crippen LogP contribution is 2.45. The third-order valence-corrected chi connectivity index (χ3v) is 12.6. The van der Waals surface area contributed by atoms with Crippen LogP contribution in [0.2, 0.25) is 18.1 Å². The predicted molar refractivity (Wildman–Crippen MR) is 127 cm³/mol. The van der Waals surface area contributed by atoms with E-state index in [0.29, 0.717) is 24.1 Å². The van der Waals surface area contributed by atoms with Gasteiger partial charge in [-0.1, -0.05) is 27.7 Å². The van der Waals surface area contributed by atoms with E-state index in [0.717, 1.165) is 6.42 Å². The maximum atomic E-state index is 12.6. The molecule has 0 aliphatic carbocycles. The van der Waals surface area contributed by atoms with E-state index >= 15 is 0 Å². The summed E-state index contributed by atoms with van der Waals surface area (Å²) in [7, 11) is -8.02. The summed E-state index contributed by atoms with van der Waals surface area (Å²) in [6, 6.07) is 0.632. The van der Waals surface area contributed by atoms with Gasteiger partial charge in [-0.25, -0.2) is 13.2 Å². The molecule has 36 heavy (non-hydrogen) atoms. The Kier molecular flexibility index (Phi) is 8.84. The Morgan fingerprint density at radius 3 is 2.22 bits per heavy atom. The summed E-state index contributed by atoms with van der Waals surface area (Å²) in [5.41, 5.74) is -4.94. The van der Waals surface area contributed by atoms with E-state index in [1.54, 1.807) is 4.57 Å². The topological polar surface area (TPSA) is 111 Å². The Labute approximate surface area is 211 Å². The maximum Gasteiger partial charge on any atom is 0.485 e. The SMILES string of the molecule is Cc1c[n+]2c(n(C(C)C)c1=O)O[C@@H]1C[C@H]2O[C@@H]1CO[Si](C)(C)C(C)(C)C(C)C.O=S(=O)([O-])C(F)(F)F. The fourth-order valence-corrected chi connectivity index (χ4v) is 6.30. The monoisotopic (exact) mass is 558 g/mol. The van der Waals surface area contributed by atoms with Gasteiger partial charge in [0.05, 0.1) is 18.6 Å². The molecule has 2 aliphatic heterocycles. The van der Waals surface area contributed by atoms with Crippen LogP contribution in [-0.4, -0.2) is 50.2 Å². The highest BCUT2D eigenvalue weighted by molar-refractivity contribution is 7.86. The molecular weight excluding hydrogens is 521 g/mol. The van der Waals surface area contributed by atoms with Crippen molar-refractivity contribution in [3.63, 3.8) is 0 Å². The maximum absolute atomic E-state index is 12.6. The van der Waals surface area contributed by atoms with Crippen molar-refractivity contribution in [3.05, 3.63) is 22.1 Å². The molecule has 1 aromatic rings. The average molecular weight is 559 g/mol. The average Bonchev–Trinajstić information content (AvgIpc) is 3.04. The van der Waals surface area contributed by atoms with E-state index in [-0.39, 0.29) is 35.1 Å². The molecule has 1 saturated heterocycles. The first-order chi connectivity index (χ1) is 16.1. The first kappa shape index (κ1) is 30.7. The summed E-state index contributed by atoms with van der Waals surface area (Å²) >= 11 is 0. The van der Waals surface area contributed by atoms with Crippen LogP contribution in [0.25, 0.3) is 0 Å². The minimum absolute atomic E-state index is 0.00238. The highest BCUT2D eigenvalue weighted by Gasteiger charge is 2.50. The molecule has 14 heteroatoms. The molecule has 3 rings (SSSR count). The van der Waals surface area contributed by atoms with Crippen LogP contribution < -0.4 is 14.9 Å². The van der Waals surface area contributed by atoms with Crippen LogP contribution in [0.1, 0.15) is 65.8 Å². The van der Waals surface area contributed by atoms with Gasteiger partial charge in [0.2, 0.25) is 6.23 Å². The van der Waals surface area contributed by atoms with Crippen molar-refractivity contribution in [2.24, 2.45) is 5.92 Å². The minimum atomic E-state index is -6.09. The first-order valence-electron chi connectivity index (χ1n) is 11.8. The Hall–Kier alpha value is -1.48. The lowest BCUT2D eigenvalue weighted by Gasteiger charge is -2.43. The van der Waals surface area contributed by atoms with E-state index in [1.165, 1.54) is 0 Å². The van der Waals surface area contributed by atoms with Crippen LogP contribution >= 0.6 is 0 Å². The number of fused-ring (bicyclic) bond motifs is 4. The molecule has 3 atom stereocenters. The number of aromatic nitrogens is 2. The zero-order chi connectivity index (χ0) is 28.0. The number of hydrogen-bond acceptors (Lipinski definition) is 7.